The van der Waals surface area contributed by atoms with Crippen molar-refractivity contribution in [3.8, 4) is 11.5 Å². The molecule has 0 atom stereocenters. The van der Waals surface area contributed by atoms with Crippen molar-refractivity contribution in [1.82, 2.24) is 0 Å². The van der Waals surface area contributed by atoms with Crippen molar-refractivity contribution in [2.45, 2.75) is 13.2 Å². The van der Waals surface area contributed by atoms with Crippen LogP contribution in [0.1, 0.15) is 33.0 Å². The van der Waals surface area contributed by atoms with E-state index in [0.717, 1.165) is 16.7 Å². The molecule has 1 aromatic heterocycles. The van der Waals surface area contributed by atoms with Gasteiger partial charge in [-0.1, -0.05) is 65.7 Å². The molecule has 4 aromatic rings. The van der Waals surface area contributed by atoms with Gasteiger partial charge in [-0.2, -0.15) is 0 Å². The van der Waals surface area contributed by atoms with Crippen molar-refractivity contribution in [1.29, 1.82) is 0 Å². The molecule has 0 aliphatic heterocycles. The zero-order valence-electron chi connectivity index (χ0n) is 17.9. The summed E-state index contributed by atoms with van der Waals surface area (Å²) >= 11 is 12.5. The van der Waals surface area contributed by atoms with Crippen LogP contribution in [0.2, 0.25) is 10.0 Å². The molecule has 1 N–H and O–H groups in total. The molecule has 0 aliphatic rings. The van der Waals surface area contributed by atoms with E-state index in [0.29, 0.717) is 27.3 Å². The average Bonchev–Trinajstić information content (AvgIpc) is 3.31. The third kappa shape index (κ3) is 6.22. The predicted molar refractivity (Wildman–Crippen MR) is 133 cm³/mol. The summed E-state index contributed by atoms with van der Waals surface area (Å²) in [5.74, 6) is 0.340. The Labute approximate surface area is 206 Å². The van der Waals surface area contributed by atoms with E-state index in [2.05, 4.69) is 0 Å². The van der Waals surface area contributed by atoms with Crippen LogP contribution in [-0.4, -0.2) is 11.1 Å². The number of carboxylic acid groups (broad SMARTS) is 1. The summed E-state index contributed by atoms with van der Waals surface area (Å²) in [6.45, 7) is 0.577. The first kappa shape index (κ1) is 23.5. The van der Waals surface area contributed by atoms with Crippen LogP contribution in [0.3, 0.4) is 0 Å². The normalized spacial score (nSPS) is 11.0. The van der Waals surface area contributed by atoms with E-state index >= 15 is 0 Å². The van der Waals surface area contributed by atoms with E-state index < -0.39 is 5.97 Å². The summed E-state index contributed by atoms with van der Waals surface area (Å²) in [6, 6.07) is 23.4. The number of hydrogen-bond donors (Lipinski definition) is 1. The third-order valence-electron chi connectivity index (χ3n) is 4.88. The van der Waals surface area contributed by atoms with Crippen molar-refractivity contribution < 1.29 is 23.8 Å². The number of ether oxygens (including phenoxy) is 2. The number of hydrogen-bond acceptors (Lipinski definition) is 4. The number of aromatic carboxylic acids is 1. The first-order valence-corrected chi connectivity index (χ1v) is 11.1. The molecule has 0 saturated heterocycles. The first-order chi connectivity index (χ1) is 16.5. The molecule has 0 radical (unpaired) electrons. The maximum absolute atomic E-state index is 11.0. The smallest absolute Gasteiger partial charge is 0.371 e. The lowest BCUT2D eigenvalue weighted by atomic mass is 10.1. The summed E-state index contributed by atoms with van der Waals surface area (Å²) in [4.78, 5) is 11.0. The minimum Gasteiger partial charge on any atom is -0.489 e. The largest absolute Gasteiger partial charge is 0.489 e. The summed E-state index contributed by atoms with van der Waals surface area (Å²) in [5.41, 5.74) is 2.50. The number of halogens is 2. The second kappa shape index (κ2) is 11.0. The molecule has 4 rings (SSSR count). The lowest BCUT2D eigenvalue weighted by molar-refractivity contribution is 0.0662. The van der Waals surface area contributed by atoms with E-state index in [9.17, 15) is 4.79 Å². The second-order valence-corrected chi connectivity index (χ2v) is 8.15. The number of carbonyl (C=O) groups is 1. The molecule has 34 heavy (non-hydrogen) atoms. The van der Waals surface area contributed by atoms with Gasteiger partial charge in [0.05, 0.1) is 0 Å². The Bertz CT molecular complexity index is 1260. The Morgan fingerprint density at radius 2 is 1.35 bits per heavy atom. The fourth-order valence-corrected chi connectivity index (χ4v) is 3.53. The molecule has 172 valence electrons. The van der Waals surface area contributed by atoms with Gasteiger partial charge < -0.3 is 19.0 Å². The maximum atomic E-state index is 11.0. The average molecular weight is 495 g/mol. The quantitative estimate of drug-likeness (QED) is 0.259. The van der Waals surface area contributed by atoms with E-state index in [1.165, 1.54) is 6.07 Å². The van der Waals surface area contributed by atoms with Crippen molar-refractivity contribution in [2.24, 2.45) is 0 Å². The maximum Gasteiger partial charge on any atom is 0.371 e. The summed E-state index contributed by atoms with van der Waals surface area (Å²) in [6.07, 6.45) is 3.46. The van der Waals surface area contributed by atoms with Crippen molar-refractivity contribution in [2.75, 3.05) is 0 Å². The molecule has 5 nitrogen and oxygen atoms in total. The lowest BCUT2D eigenvalue weighted by Crippen LogP contribution is -1.99. The van der Waals surface area contributed by atoms with Gasteiger partial charge in [-0.3, -0.25) is 0 Å². The molecular weight excluding hydrogens is 475 g/mol. The van der Waals surface area contributed by atoms with E-state index in [1.54, 1.807) is 24.3 Å². The summed E-state index contributed by atoms with van der Waals surface area (Å²) in [7, 11) is 0. The molecule has 3 aromatic carbocycles. The van der Waals surface area contributed by atoms with Gasteiger partial charge in [0, 0.05) is 27.2 Å². The van der Waals surface area contributed by atoms with Gasteiger partial charge >= 0.3 is 5.97 Å². The Morgan fingerprint density at radius 1 is 0.794 bits per heavy atom. The molecule has 7 heteroatoms. The number of rotatable bonds is 9. The standard InChI is InChI=1S/C27H20Cl2O5/c28-24-7-3-1-5-19(24)16-32-22-13-18(9-10-21-11-12-26(34-21)27(30)31)14-23(15-22)33-17-20-6-2-4-8-25(20)29/h1-15H,16-17H2,(H,30,31). The fraction of sp³-hybridized carbons (Fsp3) is 0.0741. The Balaban J connectivity index is 1.56. The van der Waals surface area contributed by atoms with Crippen LogP contribution in [0.25, 0.3) is 12.2 Å². The topological polar surface area (TPSA) is 68.9 Å². The van der Waals surface area contributed by atoms with Crippen LogP contribution in [0.4, 0.5) is 0 Å². The van der Waals surface area contributed by atoms with Crippen LogP contribution in [0, 0.1) is 0 Å². The van der Waals surface area contributed by atoms with Crippen LogP contribution < -0.4 is 9.47 Å². The zero-order valence-corrected chi connectivity index (χ0v) is 19.4. The summed E-state index contributed by atoms with van der Waals surface area (Å²) < 4.78 is 17.3. The van der Waals surface area contributed by atoms with Crippen LogP contribution >= 0.6 is 23.2 Å². The van der Waals surface area contributed by atoms with Gasteiger partial charge in [0.2, 0.25) is 5.76 Å². The zero-order chi connectivity index (χ0) is 23.9. The minimum absolute atomic E-state index is 0.125. The fourth-order valence-electron chi connectivity index (χ4n) is 3.15. The first-order valence-electron chi connectivity index (χ1n) is 10.4. The van der Waals surface area contributed by atoms with Crippen LogP contribution in [-0.2, 0) is 13.2 Å². The Kier molecular flexibility index (Phi) is 7.58. The molecule has 0 bridgehead atoms. The van der Waals surface area contributed by atoms with Gasteiger partial charge in [-0.05, 0) is 48.0 Å². The van der Waals surface area contributed by atoms with E-state index in [1.807, 2.05) is 60.7 Å². The molecule has 0 aliphatic carbocycles. The van der Waals surface area contributed by atoms with Gasteiger partial charge in [0.15, 0.2) is 0 Å². The van der Waals surface area contributed by atoms with E-state index in [-0.39, 0.29) is 19.0 Å². The molecule has 1 heterocycles. The highest BCUT2D eigenvalue weighted by atomic mass is 35.5. The van der Waals surface area contributed by atoms with Gasteiger partial charge in [0.25, 0.3) is 0 Å². The molecule has 0 spiro atoms. The Morgan fingerprint density at radius 3 is 1.85 bits per heavy atom. The highest BCUT2D eigenvalue weighted by molar-refractivity contribution is 6.31. The predicted octanol–water partition coefficient (Wildman–Crippen LogP) is 7.61. The molecule has 0 saturated carbocycles. The van der Waals surface area contributed by atoms with Crippen LogP contribution in [0.15, 0.2) is 83.3 Å². The molecule has 0 fully saturated rings. The second-order valence-electron chi connectivity index (χ2n) is 7.34. The molecule has 0 amide bonds. The lowest BCUT2D eigenvalue weighted by Gasteiger charge is -2.12. The van der Waals surface area contributed by atoms with Crippen molar-refractivity contribution in [3.63, 3.8) is 0 Å². The van der Waals surface area contributed by atoms with Gasteiger partial charge in [0.1, 0.15) is 30.5 Å². The minimum atomic E-state index is -1.12. The number of benzene rings is 3. The molecule has 0 unspecified atom stereocenters. The van der Waals surface area contributed by atoms with Crippen molar-refractivity contribution >= 4 is 41.3 Å². The van der Waals surface area contributed by atoms with Gasteiger partial charge in [-0.25, -0.2) is 4.79 Å². The Hall–Kier alpha value is -3.67. The highest BCUT2D eigenvalue weighted by Crippen LogP contribution is 2.28. The number of carboxylic acids is 1. The monoisotopic (exact) mass is 494 g/mol. The van der Waals surface area contributed by atoms with E-state index in [4.69, 9.17) is 42.2 Å². The summed E-state index contributed by atoms with van der Waals surface area (Å²) in [5, 5.41) is 10.3. The highest BCUT2D eigenvalue weighted by Gasteiger charge is 2.09. The third-order valence-corrected chi connectivity index (χ3v) is 5.62. The van der Waals surface area contributed by atoms with Crippen molar-refractivity contribution in [3.05, 3.63) is 117 Å². The van der Waals surface area contributed by atoms with Gasteiger partial charge in [-0.15, -0.1) is 0 Å². The molecular formula is C27H20Cl2O5. The number of furan rings is 1. The SMILES string of the molecule is O=C(O)c1ccc(C=Cc2cc(OCc3ccccc3Cl)cc(OCc3ccccc3Cl)c2)o1. The van der Waals surface area contributed by atoms with Crippen LogP contribution in [0.5, 0.6) is 11.5 Å².